The molecule has 136 valence electrons. The van der Waals surface area contributed by atoms with E-state index >= 15 is 0 Å². The summed E-state index contributed by atoms with van der Waals surface area (Å²) in [6, 6.07) is 12.6. The molecule has 0 fully saturated rings. The number of hydrogen-bond donors (Lipinski definition) is 1. The topological polar surface area (TPSA) is 59.1 Å². The normalized spacial score (nSPS) is 16.2. The first kappa shape index (κ1) is 17.0. The van der Waals surface area contributed by atoms with Gasteiger partial charge in [-0.3, -0.25) is 14.3 Å². The van der Waals surface area contributed by atoms with Crippen LogP contribution in [0.1, 0.15) is 42.0 Å². The minimum atomic E-state index is -0.516. The van der Waals surface area contributed by atoms with Crippen molar-refractivity contribution in [1.82, 2.24) is 24.5 Å². The quantitative estimate of drug-likeness (QED) is 0.768. The number of aliphatic hydroxyl groups is 1. The molecule has 6 nitrogen and oxygen atoms in total. The van der Waals surface area contributed by atoms with Crippen LogP contribution in [0.3, 0.4) is 0 Å². The third-order valence-corrected chi connectivity index (χ3v) is 4.94. The second-order valence-electron chi connectivity index (χ2n) is 7.00. The number of aryl methyl sites for hydroxylation is 1. The number of hydrogen-bond acceptors (Lipinski definition) is 4. The Balaban J connectivity index is 1.52. The van der Waals surface area contributed by atoms with E-state index in [1.165, 1.54) is 16.8 Å². The summed E-state index contributed by atoms with van der Waals surface area (Å²) in [5.74, 6) is 0. The Morgan fingerprint density at radius 3 is 2.65 bits per heavy atom. The molecule has 0 radical (unpaired) electrons. The van der Waals surface area contributed by atoms with Gasteiger partial charge in [0.1, 0.15) is 0 Å². The van der Waals surface area contributed by atoms with Gasteiger partial charge in [0, 0.05) is 38.6 Å². The second kappa shape index (κ2) is 7.43. The molecule has 0 saturated carbocycles. The minimum absolute atomic E-state index is 0.516. The Hall–Kier alpha value is -2.44. The van der Waals surface area contributed by atoms with Crippen molar-refractivity contribution in [2.24, 2.45) is 0 Å². The van der Waals surface area contributed by atoms with Gasteiger partial charge in [-0.1, -0.05) is 24.3 Å². The van der Waals surface area contributed by atoms with Crippen LogP contribution in [-0.2, 0) is 26.2 Å². The lowest BCUT2D eigenvalue weighted by molar-refractivity contribution is 0.193. The first-order valence-corrected chi connectivity index (χ1v) is 9.20. The van der Waals surface area contributed by atoms with E-state index in [-0.39, 0.29) is 0 Å². The van der Waals surface area contributed by atoms with Crippen molar-refractivity contribution in [1.29, 1.82) is 0 Å². The number of rotatable bonds is 5. The van der Waals surface area contributed by atoms with Gasteiger partial charge >= 0.3 is 0 Å². The Labute approximate surface area is 153 Å². The van der Waals surface area contributed by atoms with Crippen molar-refractivity contribution in [2.45, 2.75) is 45.6 Å². The Bertz CT molecular complexity index is 853. The lowest BCUT2D eigenvalue weighted by Crippen LogP contribution is -2.23. The Morgan fingerprint density at radius 2 is 1.92 bits per heavy atom. The molecule has 0 aliphatic carbocycles. The summed E-state index contributed by atoms with van der Waals surface area (Å²) in [6.45, 7) is 6.28. The maximum absolute atomic E-state index is 9.81. The molecule has 0 spiro atoms. The standard InChI is InChI=1S/C20H25N5O/c1-16(26)20-12-19-15-23(9-5-11-25(19)22-20)13-17-6-2-3-7-18(17)14-24-10-4-8-21-24/h2-4,6-8,10,12,16,26H,5,9,11,13-15H2,1H3. The molecule has 1 aliphatic heterocycles. The zero-order chi connectivity index (χ0) is 17.9. The van der Waals surface area contributed by atoms with Crippen LogP contribution in [-0.4, -0.2) is 36.1 Å². The molecule has 0 bridgehead atoms. The molecular weight excluding hydrogens is 326 g/mol. The first-order chi connectivity index (χ1) is 12.7. The van der Waals surface area contributed by atoms with Crippen molar-refractivity contribution in [3.05, 3.63) is 71.3 Å². The highest BCUT2D eigenvalue weighted by atomic mass is 16.3. The number of nitrogens with zero attached hydrogens (tertiary/aromatic N) is 5. The summed E-state index contributed by atoms with van der Waals surface area (Å²) < 4.78 is 4.02. The van der Waals surface area contributed by atoms with E-state index in [1.807, 2.05) is 29.2 Å². The molecule has 0 saturated heterocycles. The van der Waals surface area contributed by atoms with Crippen molar-refractivity contribution >= 4 is 0 Å². The molecule has 1 N–H and O–H groups in total. The molecule has 6 heteroatoms. The predicted molar refractivity (Wildman–Crippen MR) is 99.4 cm³/mol. The van der Waals surface area contributed by atoms with Gasteiger partial charge in [0.2, 0.25) is 0 Å². The lowest BCUT2D eigenvalue weighted by Gasteiger charge is -2.21. The molecule has 26 heavy (non-hydrogen) atoms. The van der Waals surface area contributed by atoms with Crippen LogP contribution < -0.4 is 0 Å². The maximum Gasteiger partial charge on any atom is 0.0950 e. The van der Waals surface area contributed by atoms with Crippen molar-refractivity contribution in [3.8, 4) is 0 Å². The highest BCUT2D eigenvalue weighted by Gasteiger charge is 2.19. The number of fused-ring (bicyclic) bond motifs is 1. The molecule has 3 heterocycles. The molecule has 1 atom stereocenters. The third-order valence-electron chi connectivity index (χ3n) is 4.94. The van der Waals surface area contributed by atoms with Crippen LogP contribution >= 0.6 is 0 Å². The van der Waals surface area contributed by atoms with E-state index < -0.39 is 6.10 Å². The molecule has 1 aromatic carbocycles. The molecule has 0 amide bonds. The Morgan fingerprint density at radius 1 is 1.12 bits per heavy atom. The minimum Gasteiger partial charge on any atom is -0.387 e. The van der Waals surface area contributed by atoms with Gasteiger partial charge in [0.05, 0.1) is 24.0 Å². The largest absolute Gasteiger partial charge is 0.387 e. The zero-order valence-electron chi connectivity index (χ0n) is 15.1. The second-order valence-corrected chi connectivity index (χ2v) is 7.00. The SMILES string of the molecule is CC(O)c1cc2n(n1)CCCN(Cc1ccccc1Cn1cccn1)C2. The van der Waals surface area contributed by atoms with Gasteiger partial charge in [0.25, 0.3) is 0 Å². The Kier molecular flexibility index (Phi) is 4.86. The summed E-state index contributed by atoms with van der Waals surface area (Å²) in [6.07, 6.45) is 4.37. The van der Waals surface area contributed by atoms with E-state index in [0.29, 0.717) is 0 Å². The van der Waals surface area contributed by atoms with E-state index in [1.54, 1.807) is 6.92 Å². The molecule has 4 rings (SSSR count). The fraction of sp³-hybridized carbons (Fsp3) is 0.400. The maximum atomic E-state index is 9.81. The van der Waals surface area contributed by atoms with Gasteiger partial charge < -0.3 is 5.11 Å². The number of aliphatic hydroxyl groups excluding tert-OH is 1. The first-order valence-electron chi connectivity index (χ1n) is 9.20. The van der Waals surface area contributed by atoms with Gasteiger partial charge in [-0.25, -0.2) is 0 Å². The van der Waals surface area contributed by atoms with E-state index in [2.05, 4.69) is 44.0 Å². The van der Waals surface area contributed by atoms with E-state index in [0.717, 1.165) is 44.8 Å². The van der Waals surface area contributed by atoms with Crippen LogP contribution in [0, 0.1) is 0 Å². The monoisotopic (exact) mass is 351 g/mol. The van der Waals surface area contributed by atoms with Gasteiger partial charge in [-0.15, -0.1) is 0 Å². The zero-order valence-corrected chi connectivity index (χ0v) is 15.1. The molecule has 2 aromatic heterocycles. The van der Waals surface area contributed by atoms with Crippen molar-refractivity contribution < 1.29 is 5.11 Å². The average Bonchev–Trinajstić information content (AvgIpc) is 3.23. The fourth-order valence-electron chi connectivity index (χ4n) is 3.57. The van der Waals surface area contributed by atoms with Crippen LogP contribution in [0.15, 0.2) is 48.8 Å². The molecule has 1 aliphatic rings. The smallest absolute Gasteiger partial charge is 0.0950 e. The summed E-state index contributed by atoms with van der Waals surface area (Å²) >= 11 is 0. The van der Waals surface area contributed by atoms with Crippen LogP contribution in [0.2, 0.25) is 0 Å². The van der Waals surface area contributed by atoms with Crippen molar-refractivity contribution in [2.75, 3.05) is 6.54 Å². The van der Waals surface area contributed by atoms with Crippen LogP contribution in [0.5, 0.6) is 0 Å². The summed E-state index contributed by atoms with van der Waals surface area (Å²) in [4.78, 5) is 2.47. The number of aromatic nitrogens is 4. The van der Waals surface area contributed by atoms with Crippen LogP contribution in [0.4, 0.5) is 0 Å². The highest BCUT2D eigenvalue weighted by Crippen LogP contribution is 2.20. The summed E-state index contributed by atoms with van der Waals surface area (Å²) in [5, 5.41) is 18.7. The molecular formula is C20H25N5O. The van der Waals surface area contributed by atoms with E-state index in [9.17, 15) is 5.11 Å². The predicted octanol–water partition coefficient (Wildman–Crippen LogP) is 2.59. The van der Waals surface area contributed by atoms with E-state index in [4.69, 9.17) is 0 Å². The van der Waals surface area contributed by atoms with Gasteiger partial charge in [-0.05, 0) is 36.6 Å². The molecule has 1 unspecified atom stereocenters. The third kappa shape index (κ3) is 3.71. The summed E-state index contributed by atoms with van der Waals surface area (Å²) in [5.41, 5.74) is 4.59. The molecule has 3 aromatic rings. The van der Waals surface area contributed by atoms with Crippen LogP contribution in [0.25, 0.3) is 0 Å². The van der Waals surface area contributed by atoms with Gasteiger partial charge in [-0.2, -0.15) is 10.2 Å². The van der Waals surface area contributed by atoms with Crippen molar-refractivity contribution in [3.63, 3.8) is 0 Å². The number of benzene rings is 1. The summed E-state index contributed by atoms with van der Waals surface area (Å²) in [7, 11) is 0. The average molecular weight is 351 g/mol. The van der Waals surface area contributed by atoms with Gasteiger partial charge in [0.15, 0.2) is 0 Å². The lowest BCUT2D eigenvalue weighted by atomic mass is 10.1. The highest BCUT2D eigenvalue weighted by molar-refractivity contribution is 5.27. The fourth-order valence-corrected chi connectivity index (χ4v) is 3.57.